The first-order valence-electron chi connectivity index (χ1n) is 9.69. The van der Waals surface area contributed by atoms with Gasteiger partial charge in [0.2, 0.25) is 15.9 Å². The van der Waals surface area contributed by atoms with Crippen molar-refractivity contribution in [1.29, 1.82) is 0 Å². The minimum Gasteiger partial charge on any atom is -0.356 e. The van der Waals surface area contributed by atoms with Gasteiger partial charge in [-0.2, -0.15) is 9.40 Å². The molecule has 1 aromatic heterocycles. The predicted molar refractivity (Wildman–Crippen MR) is 107 cm³/mol. The number of amides is 1. The molecule has 1 aliphatic rings. The molecule has 0 unspecified atom stereocenters. The number of carbonyl (C=O) groups excluding carboxylic acids is 1. The number of aryl methyl sites for hydroxylation is 3. The van der Waals surface area contributed by atoms with E-state index < -0.39 is 10.0 Å². The number of carbonyl (C=O) groups is 1. The fraction of sp³-hybridized carbons (Fsp3) is 0.500. The fourth-order valence-electron chi connectivity index (χ4n) is 3.55. The van der Waals surface area contributed by atoms with E-state index in [9.17, 15) is 13.2 Å². The topological polar surface area (TPSA) is 84.3 Å². The number of hydrogen-bond acceptors (Lipinski definition) is 4. The van der Waals surface area contributed by atoms with E-state index in [0.29, 0.717) is 43.4 Å². The van der Waals surface area contributed by atoms with E-state index >= 15 is 0 Å². The van der Waals surface area contributed by atoms with Crippen molar-refractivity contribution < 1.29 is 13.2 Å². The number of hydrogen-bond donors (Lipinski definition) is 1. The van der Waals surface area contributed by atoms with Gasteiger partial charge in [-0.25, -0.2) is 8.42 Å². The van der Waals surface area contributed by atoms with Gasteiger partial charge < -0.3 is 5.32 Å². The van der Waals surface area contributed by atoms with Crippen LogP contribution in [0.5, 0.6) is 0 Å². The summed E-state index contributed by atoms with van der Waals surface area (Å²) in [5.74, 6) is 0.312. The van der Waals surface area contributed by atoms with E-state index in [-0.39, 0.29) is 5.91 Å². The SMILES string of the molecule is Cc1cc(C)n(CCC(=O)NCC2CCN(S(=O)(=O)c3ccccc3)CC2)n1. The molecule has 2 aromatic rings. The summed E-state index contributed by atoms with van der Waals surface area (Å²) >= 11 is 0. The molecule has 1 N–H and O–H groups in total. The largest absolute Gasteiger partial charge is 0.356 e. The summed E-state index contributed by atoms with van der Waals surface area (Å²) in [5.41, 5.74) is 2.01. The molecule has 1 amide bonds. The third-order valence-corrected chi connectivity index (χ3v) is 7.11. The molecule has 3 rings (SSSR count). The molecule has 1 aromatic carbocycles. The Balaban J connectivity index is 1.42. The summed E-state index contributed by atoms with van der Waals surface area (Å²) in [6.45, 7) is 6.06. The molecular formula is C20H28N4O3S. The summed E-state index contributed by atoms with van der Waals surface area (Å²) in [5, 5.41) is 7.35. The molecule has 152 valence electrons. The minimum atomic E-state index is -3.42. The molecule has 0 atom stereocenters. The maximum absolute atomic E-state index is 12.7. The first-order chi connectivity index (χ1) is 13.4. The number of nitrogens with one attached hydrogen (secondary N) is 1. The van der Waals surface area contributed by atoms with Crippen LogP contribution in [-0.4, -0.2) is 48.0 Å². The number of sulfonamides is 1. The molecule has 7 nitrogen and oxygen atoms in total. The Morgan fingerprint density at radius 1 is 1.18 bits per heavy atom. The van der Waals surface area contributed by atoms with Crippen LogP contribution in [0.2, 0.25) is 0 Å². The smallest absolute Gasteiger partial charge is 0.243 e. The van der Waals surface area contributed by atoms with E-state index in [1.54, 1.807) is 28.6 Å². The Hall–Kier alpha value is -2.19. The highest BCUT2D eigenvalue weighted by Crippen LogP contribution is 2.23. The van der Waals surface area contributed by atoms with Crippen molar-refractivity contribution in [3.63, 3.8) is 0 Å². The monoisotopic (exact) mass is 404 g/mol. The van der Waals surface area contributed by atoms with Gasteiger partial charge in [-0.15, -0.1) is 0 Å². The molecule has 0 saturated carbocycles. The lowest BCUT2D eigenvalue weighted by atomic mass is 9.98. The van der Waals surface area contributed by atoms with Gasteiger partial charge in [0.1, 0.15) is 0 Å². The molecule has 0 aliphatic carbocycles. The minimum absolute atomic E-state index is 0.00638. The number of nitrogens with zero attached hydrogens (tertiary/aromatic N) is 3. The van der Waals surface area contributed by atoms with E-state index in [0.717, 1.165) is 24.2 Å². The van der Waals surface area contributed by atoms with Crippen molar-refractivity contribution in [2.75, 3.05) is 19.6 Å². The Bertz CT molecular complexity index is 901. The quantitative estimate of drug-likeness (QED) is 0.766. The molecule has 28 heavy (non-hydrogen) atoms. The third kappa shape index (κ3) is 4.99. The molecule has 0 bridgehead atoms. The molecule has 0 radical (unpaired) electrons. The van der Waals surface area contributed by atoms with Crippen LogP contribution < -0.4 is 5.32 Å². The van der Waals surface area contributed by atoms with Crippen molar-refractivity contribution in [3.8, 4) is 0 Å². The Morgan fingerprint density at radius 3 is 2.46 bits per heavy atom. The summed E-state index contributed by atoms with van der Waals surface area (Å²) in [4.78, 5) is 12.5. The first-order valence-corrected chi connectivity index (χ1v) is 11.1. The third-order valence-electron chi connectivity index (χ3n) is 5.20. The average Bonchev–Trinajstić information content (AvgIpc) is 3.03. The Morgan fingerprint density at radius 2 is 1.86 bits per heavy atom. The predicted octanol–water partition coefficient (Wildman–Crippen LogP) is 2.11. The van der Waals surface area contributed by atoms with Crippen LogP contribution in [0.4, 0.5) is 0 Å². The average molecular weight is 405 g/mol. The second-order valence-electron chi connectivity index (χ2n) is 7.36. The zero-order valence-corrected chi connectivity index (χ0v) is 17.3. The van der Waals surface area contributed by atoms with Crippen LogP contribution in [0.3, 0.4) is 0 Å². The highest BCUT2D eigenvalue weighted by atomic mass is 32.2. The van der Waals surface area contributed by atoms with E-state index in [1.807, 2.05) is 30.7 Å². The maximum atomic E-state index is 12.7. The van der Waals surface area contributed by atoms with Crippen molar-refractivity contribution in [2.24, 2.45) is 5.92 Å². The fourth-order valence-corrected chi connectivity index (χ4v) is 5.04. The van der Waals surface area contributed by atoms with Crippen LogP contribution >= 0.6 is 0 Å². The molecule has 8 heteroatoms. The van der Waals surface area contributed by atoms with E-state index in [2.05, 4.69) is 10.4 Å². The van der Waals surface area contributed by atoms with Gasteiger partial charge in [0.25, 0.3) is 0 Å². The highest BCUT2D eigenvalue weighted by Gasteiger charge is 2.29. The highest BCUT2D eigenvalue weighted by molar-refractivity contribution is 7.89. The summed E-state index contributed by atoms with van der Waals surface area (Å²) < 4.78 is 28.7. The molecule has 0 spiro atoms. The summed E-state index contributed by atoms with van der Waals surface area (Å²) in [6.07, 6.45) is 1.90. The number of benzene rings is 1. The second-order valence-corrected chi connectivity index (χ2v) is 9.30. The standard InChI is InChI=1S/C20H28N4O3S/c1-16-14-17(2)24(22-16)13-10-20(25)21-15-18-8-11-23(12-9-18)28(26,27)19-6-4-3-5-7-19/h3-7,14,18H,8-13,15H2,1-2H3,(H,21,25). The Kier molecular flexibility index (Phi) is 6.51. The molecule has 1 aliphatic heterocycles. The lowest BCUT2D eigenvalue weighted by Gasteiger charge is -2.31. The summed E-state index contributed by atoms with van der Waals surface area (Å²) in [6, 6.07) is 10.5. The van der Waals surface area contributed by atoms with Gasteiger partial charge in [0, 0.05) is 38.3 Å². The number of rotatable bonds is 7. The number of aromatic nitrogens is 2. The first kappa shape index (κ1) is 20.5. The van der Waals surface area contributed by atoms with Crippen LogP contribution in [0.25, 0.3) is 0 Å². The van der Waals surface area contributed by atoms with Gasteiger partial charge in [-0.05, 0) is 50.8 Å². The second kappa shape index (κ2) is 8.87. The van der Waals surface area contributed by atoms with Gasteiger partial charge in [-0.1, -0.05) is 18.2 Å². The van der Waals surface area contributed by atoms with Crippen LogP contribution in [0.1, 0.15) is 30.7 Å². The van der Waals surface area contributed by atoms with Gasteiger partial charge in [-0.3, -0.25) is 9.48 Å². The zero-order chi connectivity index (χ0) is 20.1. The molecular weight excluding hydrogens is 376 g/mol. The van der Waals surface area contributed by atoms with Crippen LogP contribution in [0.15, 0.2) is 41.3 Å². The molecule has 2 heterocycles. The summed E-state index contributed by atoms with van der Waals surface area (Å²) in [7, 11) is -3.42. The lowest BCUT2D eigenvalue weighted by molar-refractivity contribution is -0.121. The van der Waals surface area contributed by atoms with Gasteiger partial charge in [0.15, 0.2) is 0 Å². The number of piperidine rings is 1. The maximum Gasteiger partial charge on any atom is 0.243 e. The van der Waals surface area contributed by atoms with Gasteiger partial charge in [0.05, 0.1) is 10.6 Å². The van der Waals surface area contributed by atoms with Gasteiger partial charge >= 0.3 is 0 Å². The molecule has 1 saturated heterocycles. The Labute approximate surface area is 166 Å². The van der Waals surface area contributed by atoms with E-state index in [4.69, 9.17) is 0 Å². The van der Waals surface area contributed by atoms with Crippen molar-refractivity contribution in [3.05, 3.63) is 47.8 Å². The van der Waals surface area contributed by atoms with Crippen LogP contribution in [-0.2, 0) is 21.4 Å². The van der Waals surface area contributed by atoms with Crippen molar-refractivity contribution in [2.45, 2.75) is 44.6 Å². The van der Waals surface area contributed by atoms with Crippen molar-refractivity contribution in [1.82, 2.24) is 19.4 Å². The van der Waals surface area contributed by atoms with Crippen LogP contribution in [0, 0.1) is 19.8 Å². The normalized spacial score (nSPS) is 16.2. The molecule has 1 fully saturated rings. The van der Waals surface area contributed by atoms with Crippen molar-refractivity contribution >= 4 is 15.9 Å². The lowest BCUT2D eigenvalue weighted by Crippen LogP contribution is -2.41. The van der Waals surface area contributed by atoms with E-state index in [1.165, 1.54) is 0 Å². The zero-order valence-electron chi connectivity index (χ0n) is 16.5.